The number of carbonyl (C=O) groups is 1. The number of aryl methyl sites for hydroxylation is 2. The van der Waals surface area contributed by atoms with Crippen molar-refractivity contribution in [1.82, 2.24) is 19.9 Å². The summed E-state index contributed by atoms with van der Waals surface area (Å²) in [6, 6.07) is 6.95. The Balaban J connectivity index is 1.64. The van der Waals surface area contributed by atoms with Crippen LogP contribution in [0.25, 0.3) is 5.65 Å². The molecule has 3 atom stereocenters. The molecule has 0 saturated heterocycles. The van der Waals surface area contributed by atoms with Crippen LogP contribution in [0.3, 0.4) is 0 Å². The molecule has 1 aromatic carbocycles. The molecular formula is C24H29FN4O. The lowest BCUT2D eigenvalue weighted by Gasteiger charge is -2.34. The monoisotopic (exact) mass is 408 g/mol. The summed E-state index contributed by atoms with van der Waals surface area (Å²) in [5.41, 5.74) is 4.25. The van der Waals surface area contributed by atoms with Gasteiger partial charge >= 0.3 is 0 Å². The van der Waals surface area contributed by atoms with E-state index in [4.69, 9.17) is 0 Å². The van der Waals surface area contributed by atoms with Gasteiger partial charge in [0.1, 0.15) is 11.4 Å². The minimum atomic E-state index is -0.229. The highest BCUT2D eigenvalue weighted by atomic mass is 19.1. The molecule has 0 radical (unpaired) electrons. The van der Waals surface area contributed by atoms with E-state index < -0.39 is 0 Å². The zero-order valence-electron chi connectivity index (χ0n) is 18.1. The molecule has 1 fully saturated rings. The Morgan fingerprint density at radius 3 is 2.77 bits per heavy atom. The maximum absolute atomic E-state index is 14.1. The third kappa shape index (κ3) is 3.71. The largest absolute Gasteiger partial charge is 0.349 e. The van der Waals surface area contributed by atoms with E-state index in [1.807, 2.05) is 19.9 Å². The van der Waals surface area contributed by atoms with Crippen molar-refractivity contribution >= 4 is 11.6 Å². The Morgan fingerprint density at radius 2 is 2.00 bits per heavy atom. The first kappa shape index (κ1) is 20.5. The molecule has 5 nitrogen and oxygen atoms in total. The van der Waals surface area contributed by atoms with Crippen molar-refractivity contribution in [2.45, 2.75) is 59.4 Å². The fraction of sp³-hybridized carbons (Fsp3) is 0.458. The Bertz CT molecular complexity index is 1090. The molecule has 0 unspecified atom stereocenters. The van der Waals surface area contributed by atoms with E-state index in [1.54, 1.807) is 22.8 Å². The third-order valence-corrected chi connectivity index (χ3v) is 6.80. The van der Waals surface area contributed by atoms with Crippen LogP contribution in [0.2, 0.25) is 0 Å². The van der Waals surface area contributed by atoms with Crippen LogP contribution in [0.4, 0.5) is 4.39 Å². The van der Waals surface area contributed by atoms with Gasteiger partial charge in [0.05, 0.1) is 6.20 Å². The molecule has 4 rings (SSSR count). The fourth-order valence-electron chi connectivity index (χ4n) is 4.59. The van der Waals surface area contributed by atoms with Crippen molar-refractivity contribution in [3.05, 3.63) is 64.4 Å². The molecule has 2 heterocycles. The minimum Gasteiger partial charge on any atom is -0.349 e. The smallest absolute Gasteiger partial charge is 0.256 e. The van der Waals surface area contributed by atoms with Gasteiger partial charge in [0.2, 0.25) is 0 Å². The number of fused-ring (bicyclic) bond motifs is 1. The molecule has 1 aliphatic carbocycles. The van der Waals surface area contributed by atoms with Gasteiger partial charge in [-0.3, -0.25) is 4.79 Å². The molecule has 1 amide bonds. The molecule has 1 aliphatic rings. The maximum Gasteiger partial charge on any atom is 0.256 e. The number of amides is 1. The second-order valence-electron chi connectivity index (χ2n) is 8.67. The summed E-state index contributed by atoms with van der Waals surface area (Å²) in [5, 5.41) is 7.64. The van der Waals surface area contributed by atoms with E-state index in [9.17, 15) is 9.18 Å². The van der Waals surface area contributed by atoms with E-state index in [-0.39, 0.29) is 17.8 Å². The lowest BCUT2D eigenvalue weighted by molar-refractivity contribution is 0.0892. The van der Waals surface area contributed by atoms with Crippen molar-refractivity contribution in [1.29, 1.82) is 0 Å². The Morgan fingerprint density at radius 1 is 1.23 bits per heavy atom. The molecule has 6 heteroatoms. The van der Waals surface area contributed by atoms with Gasteiger partial charge in [-0.05, 0) is 49.3 Å². The van der Waals surface area contributed by atoms with Crippen molar-refractivity contribution in [3.8, 4) is 0 Å². The normalized spacial score (nSPS) is 21.7. The summed E-state index contributed by atoms with van der Waals surface area (Å²) in [6.07, 6.45) is 5.39. The highest BCUT2D eigenvalue weighted by Crippen LogP contribution is 2.30. The second kappa shape index (κ2) is 8.17. The number of hydrogen-bond donors (Lipinski definition) is 1. The Kier molecular flexibility index (Phi) is 5.58. The van der Waals surface area contributed by atoms with Gasteiger partial charge in [-0.2, -0.15) is 5.10 Å². The zero-order chi connectivity index (χ0) is 21.4. The number of aromatic nitrogens is 3. The van der Waals surface area contributed by atoms with E-state index in [1.165, 1.54) is 12.5 Å². The van der Waals surface area contributed by atoms with Crippen LogP contribution >= 0.6 is 0 Å². The first-order valence-corrected chi connectivity index (χ1v) is 10.7. The van der Waals surface area contributed by atoms with Gasteiger partial charge in [0.15, 0.2) is 5.65 Å². The van der Waals surface area contributed by atoms with Crippen molar-refractivity contribution in [3.63, 3.8) is 0 Å². The molecule has 1 saturated carbocycles. The van der Waals surface area contributed by atoms with Crippen LogP contribution in [0.1, 0.15) is 66.0 Å². The minimum absolute atomic E-state index is 0.121. The molecule has 0 aliphatic heterocycles. The number of carbonyl (C=O) groups excluding carboxylic acids is 1. The first-order chi connectivity index (χ1) is 14.4. The van der Waals surface area contributed by atoms with Gasteiger partial charge in [-0.25, -0.2) is 13.9 Å². The predicted molar refractivity (Wildman–Crippen MR) is 115 cm³/mol. The summed E-state index contributed by atoms with van der Waals surface area (Å²) < 4.78 is 15.8. The lowest BCUT2D eigenvalue weighted by atomic mass is 9.78. The standard InChI is InChI=1S/C24H29FN4O/c1-14-8-7-11-22(15(14)2)28-24(30)20-13-26-29-17(4)19(16(3)27-23(20)29)12-18-9-5-6-10-21(18)25/h5-6,9-10,13-15,22H,7-8,11-12H2,1-4H3,(H,28,30)/t14-,15+,22-/m1/s1. The molecule has 1 N–H and O–H groups in total. The van der Waals surface area contributed by atoms with Crippen LogP contribution in [0, 0.1) is 31.5 Å². The maximum atomic E-state index is 14.1. The molecule has 0 bridgehead atoms. The van der Waals surface area contributed by atoms with Gasteiger partial charge in [-0.15, -0.1) is 0 Å². The van der Waals surface area contributed by atoms with E-state index in [0.717, 1.165) is 29.8 Å². The van der Waals surface area contributed by atoms with Crippen molar-refractivity contribution < 1.29 is 9.18 Å². The summed E-state index contributed by atoms with van der Waals surface area (Å²) in [4.78, 5) is 17.7. The average molecular weight is 409 g/mol. The van der Waals surface area contributed by atoms with Crippen LogP contribution in [0.15, 0.2) is 30.5 Å². The zero-order valence-corrected chi connectivity index (χ0v) is 18.1. The first-order valence-electron chi connectivity index (χ1n) is 10.7. The summed E-state index contributed by atoms with van der Waals surface area (Å²) in [6.45, 7) is 8.32. The highest BCUT2D eigenvalue weighted by Gasteiger charge is 2.29. The Hall–Kier alpha value is -2.76. The number of halogens is 1. The van der Waals surface area contributed by atoms with Crippen LogP contribution in [-0.4, -0.2) is 26.5 Å². The molecule has 0 spiro atoms. The summed E-state index contributed by atoms with van der Waals surface area (Å²) >= 11 is 0. The number of nitrogens with zero attached hydrogens (tertiary/aromatic N) is 3. The SMILES string of the molecule is Cc1nc2c(C(=O)N[C@@H]3CCC[C@@H](C)[C@@H]3C)cnn2c(C)c1Cc1ccccc1F. The second-order valence-corrected chi connectivity index (χ2v) is 8.67. The average Bonchev–Trinajstić information content (AvgIpc) is 3.14. The fourth-order valence-corrected chi connectivity index (χ4v) is 4.59. The number of nitrogens with one attached hydrogen (secondary N) is 1. The summed E-state index contributed by atoms with van der Waals surface area (Å²) in [7, 11) is 0. The highest BCUT2D eigenvalue weighted by molar-refractivity contribution is 5.99. The van der Waals surface area contributed by atoms with E-state index in [0.29, 0.717) is 35.0 Å². The lowest BCUT2D eigenvalue weighted by Crippen LogP contribution is -2.43. The number of benzene rings is 1. The van der Waals surface area contributed by atoms with Crippen LogP contribution < -0.4 is 5.32 Å². The van der Waals surface area contributed by atoms with Gasteiger partial charge in [0.25, 0.3) is 5.91 Å². The van der Waals surface area contributed by atoms with Crippen LogP contribution in [0.5, 0.6) is 0 Å². The quantitative estimate of drug-likeness (QED) is 0.685. The predicted octanol–water partition coefficient (Wildman–Crippen LogP) is 4.63. The molecule has 30 heavy (non-hydrogen) atoms. The summed E-state index contributed by atoms with van der Waals surface area (Å²) in [5.74, 6) is 0.710. The van der Waals surface area contributed by atoms with Gasteiger partial charge in [-0.1, -0.05) is 44.9 Å². The Labute approximate surface area is 176 Å². The topological polar surface area (TPSA) is 59.3 Å². The van der Waals surface area contributed by atoms with Gasteiger partial charge < -0.3 is 5.32 Å². The van der Waals surface area contributed by atoms with E-state index >= 15 is 0 Å². The number of rotatable bonds is 4. The third-order valence-electron chi connectivity index (χ3n) is 6.80. The van der Waals surface area contributed by atoms with E-state index in [2.05, 4.69) is 29.2 Å². The number of hydrogen-bond acceptors (Lipinski definition) is 3. The van der Waals surface area contributed by atoms with Crippen LogP contribution in [-0.2, 0) is 6.42 Å². The molecule has 2 aromatic heterocycles. The van der Waals surface area contributed by atoms with Crippen molar-refractivity contribution in [2.75, 3.05) is 0 Å². The molecule has 158 valence electrons. The molecular weight excluding hydrogens is 379 g/mol. The van der Waals surface area contributed by atoms with Gasteiger partial charge in [0, 0.05) is 23.9 Å². The van der Waals surface area contributed by atoms with Crippen molar-refractivity contribution in [2.24, 2.45) is 11.8 Å². The molecule has 3 aromatic rings.